The molecule has 0 aliphatic rings. The summed E-state index contributed by atoms with van der Waals surface area (Å²) in [7, 11) is 1.31. The molecule has 0 aliphatic carbocycles. The highest BCUT2D eigenvalue weighted by molar-refractivity contribution is 5.78. The third-order valence-corrected chi connectivity index (χ3v) is 1.92. The van der Waals surface area contributed by atoms with E-state index in [0.29, 0.717) is 6.41 Å². The lowest BCUT2D eigenvalue weighted by atomic mass is 10.00. The fraction of sp³-hybridized carbons (Fsp3) is 0.750. The Bertz CT molecular complexity index is 158. The van der Waals surface area contributed by atoms with Crippen molar-refractivity contribution in [2.24, 2.45) is 5.92 Å². The first kappa shape index (κ1) is 10.9. The summed E-state index contributed by atoms with van der Waals surface area (Å²) < 4.78 is 4.53. The maximum absolute atomic E-state index is 11.1. The van der Waals surface area contributed by atoms with Gasteiger partial charge in [-0.15, -0.1) is 0 Å². The molecule has 1 amide bonds. The molecule has 0 bridgehead atoms. The van der Waals surface area contributed by atoms with E-state index in [-0.39, 0.29) is 5.92 Å². The van der Waals surface area contributed by atoms with Crippen LogP contribution in [0.3, 0.4) is 0 Å². The van der Waals surface area contributed by atoms with Crippen LogP contribution in [0.15, 0.2) is 0 Å². The van der Waals surface area contributed by atoms with Crippen molar-refractivity contribution in [3.05, 3.63) is 0 Å². The summed E-state index contributed by atoms with van der Waals surface area (Å²) in [6, 6.07) is -0.516. The molecule has 0 saturated heterocycles. The minimum absolute atomic E-state index is 0.0997. The molecule has 4 nitrogen and oxygen atoms in total. The topological polar surface area (TPSA) is 55.4 Å². The number of esters is 1. The molecule has 0 aromatic carbocycles. The summed E-state index contributed by atoms with van der Waals surface area (Å²) >= 11 is 0. The Kier molecular flexibility index (Phi) is 5.08. The van der Waals surface area contributed by atoms with Gasteiger partial charge in [0.25, 0.3) is 0 Å². The summed E-state index contributed by atoms with van der Waals surface area (Å²) in [4.78, 5) is 21.2. The molecule has 0 spiro atoms. The van der Waals surface area contributed by atoms with E-state index in [1.165, 1.54) is 7.11 Å². The maximum atomic E-state index is 11.1. The Balaban J connectivity index is 4.20. The third-order valence-electron chi connectivity index (χ3n) is 1.92. The van der Waals surface area contributed by atoms with Crippen molar-refractivity contribution in [2.45, 2.75) is 26.3 Å². The average Bonchev–Trinajstić information content (AvgIpc) is 2.11. The summed E-state index contributed by atoms with van der Waals surface area (Å²) in [6.45, 7) is 3.84. The Morgan fingerprint density at radius 1 is 1.67 bits per heavy atom. The molecule has 2 atom stereocenters. The van der Waals surface area contributed by atoms with E-state index in [1.807, 2.05) is 13.8 Å². The summed E-state index contributed by atoms with van der Waals surface area (Å²) in [6.07, 6.45) is 1.34. The molecule has 0 heterocycles. The van der Waals surface area contributed by atoms with Crippen LogP contribution >= 0.6 is 0 Å². The number of ether oxygens (including phenoxy) is 1. The quantitative estimate of drug-likeness (QED) is 0.481. The van der Waals surface area contributed by atoms with Gasteiger partial charge in [0, 0.05) is 0 Å². The largest absolute Gasteiger partial charge is 0.467 e. The number of hydrogen-bond acceptors (Lipinski definition) is 3. The van der Waals surface area contributed by atoms with E-state index < -0.39 is 12.0 Å². The lowest BCUT2D eigenvalue weighted by Gasteiger charge is -2.19. The molecule has 0 radical (unpaired) electrons. The third kappa shape index (κ3) is 2.90. The Morgan fingerprint density at radius 2 is 2.25 bits per heavy atom. The van der Waals surface area contributed by atoms with E-state index in [0.717, 1.165) is 6.42 Å². The van der Waals surface area contributed by atoms with Crippen molar-refractivity contribution in [2.75, 3.05) is 7.11 Å². The molecule has 0 saturated carbocycles. The van der Waals surface area contributed by atoms with Gasteiger partial charge in [-0.2, -0.15) is 0 Å². The van der Waals surface area contributed by atoms with Gasteiger partial charge in [0.15, 0.2) is 0 Å². The smallest absolute Gasteiger partial charge is 0.328 e. The maximum Gasteiger partial charge on any atom is 0.328 e. The molecule has 0 fully saturated rings. The SMILES string of the molecule is CC[C@H](C)C(NC=O)C(=O)OC. The zero-order chi connectivity index (χ0) is 9.56. The van der Waals surface area contributed by atoms with Crippen LogP contribution < -0.4 is 5.32 Å². The van der Waals surface area contributed by atoms with E-state index in [9.17, 15) is 9.59 Å². The zero-order valence-electron chi connectivity index (χ0n) is 7.66. The van der Waals surface area contributed by atoms with Gasteiger partial charge in [-0.3, -0.25) is 4.79 Å². The van der Waals surface area contributed by atoms with E-state index in [4.69, 9.17) is 0 Å². The second-order valence-corrected chi connectivity index (χ2v) is 2.67. The first-order valence-corrected chi connectivity index (χ1v) is 3.94. The summed E-state index contributed by atoms with van der Waals surface area (Å²) in [5, 5.41) is 2.43. The summed E-state index contributed by atoms with van der Waals surface area (Å²) in [5.41, 5.74) is 0. The van der Waals surface area contributed by atoms with E-state index in [2.05, 4.69) is 10.1 Å². The normalized spacial score (nSPS) is 14.6. The fourth-order valence-electron chi connectivity index (χ4n) is 0.901. The fourth-order valence-corrected chi connectivity index (χ4v) is 0.901. The molecule has 1 N–H and O–H groups in total. The summed E-state index contributed by atoms with van der Waals surface area (Å²) in [5.74, 6) is -0.293. The van der Waals surface area contributed by atoms with Gasteiger partial charge in [0.2, 0.25) is 6.41 Å². The number of amides is 1. The minimum Gasteiger partial charge on any atom is -0.467 e. The van der Waals surface area contributed by atoms with Crippen LogP contribution in [0.2, 0.25) is 0 Å². The van der Waals surface area contributed by atoms with E-state index >= 15 is 0 Å². The van der Waals surface area contributed by atoms with Crippen molar-refractivity contribution in [1.82, 2.24) is 5.32 Å². The van der Waals surface area contributed by atoms with E-state index in [1.54, 1.807) is 0 Å². The van der Waals surface area contributed by atoms with Crippen molar-refractivity contribution >= 4 is 12.4 Å². The molecule has 0 aromatic rings. The van der Waals surface area contributed by atoms with Gasteiger partial charge in [-0.05, 0) is 5.92 Å². The first-order valence-electron chi connectivity index (χ1n) is 3.94. The second-order valence-electron chi connectivity index (χ2n) is 2.67. The Morgan fingerprint density at radius 3 is 2.58 bits per heavy atom. The number of carbonyl (C=O) groups excluding carboxylic acids is 2. The monoisotopic (exact) mass is 173 g/mol. The Labute approximate surface area is 72.3 Å². The van der Waals surface area contributed by atoms with Crippen LogP contribution in [0.4, 0.5) is 0 Å². The molecule has 0 aliphatic heterocycles. The number of methoxy groups -OCH3 is 1. The van der Waals surface area contributed by atoms with Crippen LogP contribution in [0.1, 0.15) is 20.3 Å². The number of nitrogens with one attached hydrogen (secondary N) is 1. The predicted octanol–water partition coefficient (Wildman–Crippen LogP) is 0.320. The van der Waals surface area contributed by atoms with Crippen molar-refractivity contribution in [3.63, 3.8) is 0 Å². The first-order chi connectivity index (χ1) is 5.67. The molecular formula is C8H15NO3. The van der Waals surface area contributed by atoms with Gasteiger partial charge >= 0.3 is 5.97 Å². The highest BCUT2D eigenvalue weighted by Gasteiger charge is 2.23. The van der Waals surface area contributed by atoms with Gasteiger partial charge in [0.1, 0.15) is 6.04 Å². The molecular weight excluding hydrogens is 158 g/mol. The highest BCUT2D eigenvalue weighted by atomic mass is 16.5. The lowest BCUT2D eigenvalue weighted by Crippen LogP contribution is -2.41. The van der Waals surface area contributed by atoms with Crippen LogP contribution in [0.5, 0.6) is 0 Å². The van der Waals surface area contributed by atoms with Crippen LogP contribution in [-0.4, -0.2) is 25.5 Å². The predicted molar refractivity (Wildman–Crippen MR) is 44.5 cm³/mol. The molecule has 4 heteroatoms. The Hall–Kier alpha value is -1.06. The lowest BCUT2D eigenvalue weighted by molar-refractivity contribution is -0.145. The molecule has 70 valence electrons. The van der Waals surface area contributed by atoms with Crippen molar-refractivity contribution in [1.29, 1.82) is 0 Å². The number of rotatable bonds is 5. The van der Waals surface area contributed by atoms with Crippen molar-refractivity contribution < 1.29 is 14.3 Å². The number of carbonyl (C=O) groups is 2. The van der Waals surface area contributed by atoms with Crippen LogP contribution in [-0.2, 0) is 14.3 Å². The van der Waals surface area contributed by atoms with Crippen LogP contribution in [0.25, 0.3) is 0 Å². The van der Waals surface area contributed by atoms with Gasteiger partial charge in [0.05, 0.1) is 7.11 Å². The molecule has 0 rings (SSSR count). The van der Waals surface area contributed by atoms with Crippen molar-refractivity contribution in [3.8, 4) is 0 Å². The molecule has 12 heavy (non-hydrogen) atoms. The standard InChI is InChI=1S/C8H15NO3/c1-4-6(2)7(9-5-10)8(11)12-3/h5-7H,4H2,1-3H3,(H,9,10)/t6-,7?/m0/s1. The van der Waals surface area contributed by atoms with Gasteiger partial charge < -0.3 is 10.1 Å². The van der Waals surface area contributed by atoms with Gasteiger partial charge in [-0.1, -0.05) is 20.3 Å². The molecule has 0 aromatic heterocycles. The van der Waals surface area contributed by atoms with Gasteiger partial charge in [-0.25, -0.2) is 4.79 Å². The minimum atomic E-state index is -0.516. The second kappa shape index (κ2) is 5.57. The zero-order valence-corrected chi connectivity index (χ0v) is 7.66. The number of hydrogen-bond donors (Lipinski definition) is 1. The highest BCUT2D eigenvalue weighted by Crippen LogP contribution is 2.08. The average molecular weight is 173 g/mol. The van der Waals surface area contributed by atoms with Crippen LogP contribution in [0, 0.1) is 5.92 Å². The molecule has 1 unspecified atom stereocenters.